The van der Waals surface area contributed by atoms with E-state index >= 15 is 0 Å². The van der Waals surface area contributed by atoms with Crippen molar-refractivity contribution in [2.75, 3.05) is 31.1 Å². The molecule has 188 valence electrons. The number of phenols is 1. The minimum absolute atomic E-state index is 0.146. The summed E-state index contributed by atoms with van der Waals surface area (Å²) < 4.78 is 8.25. The number of fused-ring (bicyclic) bond motifs is 2. The third kappa shape index (κ3) is 4.26. The van der Waals surface area contributed by atoms with Gasteiger partial charge in [0.15, 0.2) is 5.76 Å². The van der Waals surface area contributed by atoms with Crippen LogP contribution >= 0.6 is 11.6 Å². The molecule has 0 atom stereocenters. The number of hydrogen-bond acceptors (Lipinski definition) is 5. The third-order valence-corrected chi connectivity index (χ3v) is 7.60. The van der Waals surface area contributed by atoms with Crippen molar-refractivity contribution in [2.45, 2.75) is 13.5 Å². The van der Waals surface area contributed by atoms with E-state index in [1.54, 1.807) is 6.07 Å². The van der Waals surface area contributed by atoms with Crippen molar-refractivity contribution in [2.24, 2.45) is 7.05 Å². The zero-order valence-corrected chi connectivity index (χ0v) is 21.6. The average molecular weight is 514 g/mol. The van der Waals surface area contributed by atoms with Gasteiger partial charge in [-0.2, -0.15) is 0 Å². The first-order valence-electron chi connectivity index (χ1n) is 12.5. The summed E-state index contributed by atoms with van der Waals surface area (Å²) in [5.41, 5.74) is 5.04. The number of benzene rings is 3. The minimum Gasteiger partial charge on any atom is -0.507 e. The number of halogens is 1. The average Bonchev–Trinajstić information content (AvgIpc) is 3.39. The fraction of sp³-hybridized carbons (Fsp3) is 0.233. The summed E-state index contributed by atoms with van der Waals surface area (Å²) >= 11 is 6.18. The van der Waals surface area contributed by atoms with Gasteiger partial charge in [-0.25, -0.2) is 0 Å². The molecular weight excluding hydrogens is 486 g/mol. The molecular formula is C30H28ClN3O3. The Balaban J connectivity index is 1.26. The molecule has 0 bridgehead atoms. The van der Waals surface area contributed by atoms with Gasteiger partial charge in [0.25, 0.3) is 0 Å². The largest absolute Gasteiger partial charge is 0.507 e. The van der Waals surface area contributed by atoms with Crippen LogP contribution in [0.15, 0.2) is 66.6 Å². The van der Waals surface area contributed by atoms with Gasteiger partial charge < -0.3 is 19.3 Å². The van der Waals surface area contributed by atoms with Crippen molar-refractivity contribution in [3.63, 3.8) is 0 Å². The number of aromatic hydroxyl groups is 1. The van der Waals surface area contributed by atoms with Crippen LogP contribution in [0.25, 0.3) is 17.0 Å². The molecule has 1 fully saturated rings. The van der Waals surface area contributed by atoms with Crippen LogP contribution in [0, 0.1) is 6.92 Å². The first-order chi connectivity index (χ1) is 17.9. The Morgan fingerprint density at radius 2 is 1.84 bits per heavy atom. The number of ketones is 1. The molecule has 0 spiro atoms. The van der Waals surface area contributed by atoms with E-state index in [1.165, 1.54) is 0 Å². The SMILES string of the molecule is Cc1cc(O)c(CN2CCN(c3cccc(Cl)c3)CC2)c2c1C(=O)/C(=C\c1cn(C)c3ccccc13)O2. The van der Waals surface area contributed by atoms with E-state index in [-0.39, 0.29) is 17.3 Å². The van der Waals surface area contributed by atoms with Crippen LogP contribution in [0.5, 0.6) is 11.5 Å². The summed E-state index contributed by atoms with van der Waals surface area (Å²) in [6.07, 6.45) is 3.82. The highest BCUT2D eigenvalue weighted by atomic mass is 35.5. The summed E-state index contributed by atoms with van der Waals surface area (Å²) in [4.78, 5) is 18.0. The van der Waals surface area contributed by atoms with E-state index in [9.17, 15) is 9.90 Å². The minimum atomic E-state index is -0.146. The maximum atomic E-state index is 13.4. The van der Waals surface area contributed by atoms with Gasteiger partial charge in [0.1, 0.15) is 11.5 Å². The van der Waals surface area contributed by atoms with Crippen molar-refractivity contribution in [1.82, 2.24) is 9.47 Å². The second kappa shape index (κ2) is 9.29. The lowest BCUT2D eigenvalue weighted by molar-refractivity contribution is 0.101. The second-order valence-electron chi connectivity index (χ2n) is 9.79. The summed E-state index contributed by atoms with van der Waals surface area (Å²) in [5, 5.41) is 12.7. The number of Topliss-reactive ketones (excluding diaryl/α,β-unsaturated/α-hetero) is 1. The normalized spacial score (nSPS) is 17.0. The van der Waals surface area contributed by atoms with Crippen molar-refractivity contribution in [1.29, 1.82) is 0 Å². The van der Waals surface area contributed by atoms with E-state index in [4.69, 9.17) is 16.3 Å². The highest BCUT2D eigenvalue weighted by Gasteiger charge is 2.34. The zero-order valence-electron chi connectivity index (χ0n) is 20.9. The second-order valence-corrected chi connectivity index (χ2v) is 10.2. The Bertz CT molecular complexity index is 1560. The number of para-hydroxylation sites is 1. The van der Waals surface area contributed by atoms with Crippen molar-refractivity contribution < 1.29 is 14.6 Å². The standard InChI is InChI=1S/C30H28ClN3O3/c1-19-14-26(35)24(18-33-10-12-34(13-11-33)22-7-5-6-21(31)16-22)30-28(19)29(36)27(37-30)15-20-17-32(2)25-9-4-3-8-23(20)25/h3-9,14-17,35H,10-13,18H2,1-2H3/b27-15+. The number of piperazine rings is 1. The quantitative estimate of drug-likeness (QED) is 0.350. The number of carbonyl (C=O) groups excluding carboxylic acids is 1. The Kier molecular flexibility index (Phi) is 5.94. The molecule has 2 aliphatic heterocycles. The molecule has 2 aliphatic rings. The number of ether oxygens (including phenoxy) is 1. The van der Waals surface area contributed by atoms with Crippen molar-refractivity contribution >= 4 is 40.1 Å². The number of aromatic nitrogens is 1. The Morgan fingerprint density at radius 1 is 1.05 bits per heavy atom. The molecule has 0 unspecified atom stereocenters. The molecule has 0 amide bonds. The number of hydrogen-bond donors (Lipinski definition) is 1. The monoisotopic (exact) mass is 513 g/mol. The molecule has 6 rings (SSSR count). The fourth-order valence-corrected chi connectivity index (χ4v) is 5.61. The fourth-order valence-electron chi connectivity index (χ4n) is 5.42. The third-order valence-electron chi connectivity index (χ3n) is 7.36. The maximum Gasteiger partial charge on any atom is 0.232 e. The predicted molar refractivity (Wildman–Crippen MR) is 148 cm³/mol. The van der Waals surface area contributed by atoms with Gasteiger partial charge in [-0.15, -0.1) is 0 Å². The van der Waals surface area contributed by atoms with Gasteiger partial charge in [-0.1, -0.05) is 35.9 Å². The molecule has 1 N–H and O–H groups in total. The van der Waals surface area contributed by atoms with Crippen LogP contribution in [0.1, 0.15) is 27.0 Å². The van der Waals surface area contributed by atoms with Crippen LogP contribution in [0.3, 0.4) is 0 Å². The van der Waals surface area contributed by atoms with E-state index in [2.05, 4.69) is 21.9 Å². The Labute approximate surface area is 220 Å². The number of nitrogens with zero attached hydrogens (tertiary/aromatic N) is 3. The van der Waals surface area contributed by atoms with E-state index in [0.717, 1.165) is 53.4 Å². The summed E-state index contributed by atoms with van der Waals surface area (Å²) in [5.74, 6) is 0.776. The topological polar surface area (TPSA) is 57.9 Å². The molecule has 6 nitrogen and oxygen atoms in total. The smallest absolute Gasteiger partial charge is 0.232 e. The maximum absolute atomic E-state index is 13.4. The van der Waals surface area contributed by atoms with Crippen LogP contribution in [-0.4, -0.2) is 46.5 Å². The first kappa shape index (κ1) is 23.6. The Morgan fingerprint density at radius 3 is 2.62 bits per heavy atom. The zero-order chi connectivity index (χ0) is 25.7. The predicted octanol–water partition coefficient (Wildman–Crippen LogP) is 5.78. The lowest BCUT2D eigenvalue weighted by Gasteiger charge is -2.36. The van der Waals surface area contributed by atoms with E-state index in [1.807, 2.05) is 67.2 Å². The summed E-state index contributed by atoms with van der Waals surface area (Å²) in [7, 11) is 1.99. The first-order valence-corrected chi connectivity index (χ1v) is 12.8. The van der Waals surface area contributed by atoms with Crippen molar-refractivity contribution in [3.8, 4) is 11.5 Å². The van der Waals surface area contributed by atoms with E-state index in [0.29, 0.717) is 29.0 Å². The van der Waals surface area contributed by atoms with Gasteiger partial charge >= 0.3 is 0 Å². The van der Waals surface area contributed by atoms with Crippen LogP contribution in [-0.2, 0) is 13.6 Å². The van der Waals surface area contributed by atoms with E-state index < -0.39 is 0 Å². The number of aryl methyl sites for hydroxylation is 2. The molecule has 7 heteroatoms. The van der Waals surface area contributed by atoms with Crippen LogP contribution in [0.4, 0.5) is 5.69 Å². The van der Waals surface area contributed by atoms with Gasteiger partial charge in [0.2, 0.25) is 5.78 Å². The van der Waals surface area contributed by atoms with Crippen LogP contribution < -0.4 is 9.64 Å². The molecule has 3 aromatic carbocycles. The molecule has 4 aromatic rings. The lowest BCUT2D eigenvalue weighted by Crippen LogP contribution is -2.46. The van der Waals surface area contributed by atoms with Crippen LogP contribution in [0.2, 0.25) is 5.02 Å². The van der Waals surface area contributed by atoms with Gasteiger partial charge in [0.05, 0.1) is 11.1 Å². The van der Waals surface area contributed by atoms with Gasteiger partial charge in [-0.3, -0.25) is 9.69 Å². The highest BCUT2D eigenvalue weighted by Crippen LogP contribution is 2.42. The lowest BCUT2D eigenvalue weighted by atomic mass is 9.99. The summed E-state index contributed by atoms with van der Waals surface area (Å²) in [6.45, 7) is 5.69. The molecule has 0 radical (unpaired) electrons. The Hall–Kier alpha value is -3.74. The van der Waals surface area contributed by atoms with Crippen molar-refractivity contribution in [3.05, 3.63) is 93.8 Å². The highest BCUT2D eigenvalue weighted by molar-refractivity contribution is 6.30. The number of phenolic OH excluding ortho intramolecular Hbond substituents is 1. The summed E-state index contributed by atoms with van der Waals surface area (Å²) in [6, 6.07) is 17.7. The molecule has 1 aromatic heterocycles. The molecule has 3 heterocycles. The van der Waals surface area contributed by atoms with Gasteiger partial charge in [-0.05, 0) is 48.9 Å². The number of rotatable bonds is 4. The molecule has 1 saturated heterocycles. The molecule has 0 aliphatic carbocycles. The molecule has 37 heavy (non-hydrogen) atoms. The number of anilines is 1. The number of allylic oxidation sites excluding steroid dienone is 1. The number of carbonyl (C=O) groups is 1. The molecule has 0 saturated carbocycles. The van der Waals surface area contributed by atoms with Gasteiger partial charge in [0, 0.05) is 73.1 Å².